The average molecular weight is 294 g/mol. The maximum absolute atomic E-state index is 4.59. The van der Waals surface area contributed by atoms with E-state index < -0.39 is 0 Å². The van der Waals surface area contributed by atoms with Crippen molar-refractivity contribution in [3.63, 3.8) is 0 Å². The lowest BCUT2D eigenvalue weighted by Gasteiger charge is -2.15. The molecular weight excluding hydrogens is 272 g/mol. The number of aryl methyl sites for hydroxylation is 2. The first kappa shape index (κ1) is 14.7. The van der Waals surface area contributed by atoms with Gasteiger partial charge in [0.25, 0.3) is 0 Å². The van der Waals surface area contributed by atoms with Gasteiger partial charge in [-0.1, -0.05) is 18.2 Å². The number of nitrogens with zero attached hydrogens (tertiary/aromatic N) is 3. The fraction of sp³-hybridized carbons (Fsp3) is 0.333. The molecule has 0 bridgehead atoms. The monoisotopic (exact) mass is 294 g/mol. The quantitative estimate of drug-likeness (QED) is 0.785. The third-order valence-corrected chi connectivity index (χ3v) is 3.79. The molecule has 2 heterocycles. The van der Waals surface area contributed by atoms with Crippen molar-refractivity contribution < 1.29 is 0 Å². The van der Waals surface area contributed by atoms with Gasteiger partial charge in [-0.25, -0.2) is 0 Å². The van der Waals surface area contributed by atoms with Crippen LogP contribution in [0.4, 0.5) is 0 Å². The lowest BCUT2D eigenvalue weighted by Crippen LogP contribution is -2.30. The third-order valence-electron chi connectivity index (χ3n) is 3.79. The minimum absolute atomic E-state index is 0.353. The molecule has 4 nitrogen and oxygen atoms in total. The molecule has 0 radical (unpaired) electrons. The van der Waals surface area contributed by atoms with Crippen molar-refractivity contribution in [3.05, 3.63) is 59.5 Å². The molecule has 3 rings (SSSR count). The Kier molecular flexibility index (Phi) is 4.20. The van der Waals surface area contributed by atoms with Gasteiger partial charge in [0, 0.05) is 29.9 Å². The number of fused-ring (bicyclic) bond motifs is 1. The molecule has 1 aromatic carbocycles. The molecular formula is C18H22N4. The number of nitrogens with one attached hydrogen (secondary N) is 1. The van der Waals surface area contributed by atoms with Crippen LogP contribution in [0.15, 0.2) is 42.7 Å². The van der Waals surface area contributed by atoms with E-state index in [0.717, 1.165) is 24.3 Å². The molecule has 4 heteroatoms. The first-order chi connectivity index (χ1) is 10.6. The molecule has 0 amide bonds. The second-order valence-electron chi connectivity index (χ2n) is 5.96. The molecule has 1 atom stereocenters. The lowest BCUT2D eigenvalue weighted by molar-refractivity contribution is 0.451. The molecule has 0 aliphatic carbocycles. The maximum atomic E-state index is 4.59. The highest BCUT2D eigenvalue weighted by atomic mass is 15.3. The highest BCUT2D eigenvalue weighted by Gasteiger charge is 2.07. The zero-order valence-electron chi connectivity index (χ0n) is 13.4. The summed E-state index contributed by atoms with van der Waals surface area (Å²) in [5, 5.41) is 9.15. The molecule has 1 N–H and O–H groups in total. The molecule has 0 aliphatic rings. The van der Waals surface area contributed by atoms with Crippen molar-refractivity contribution in [1.29, 1.82) is 0 Å². The van der Waals surface area contributed by atoms with Crippen LogP contribution in [0.5, 0.6) is 0 Å². The topological polar surface area (TPSA) is 42.7 Å². The molecule has 114 valence electrons. The van der Waals surface area contributed by atoms with Crippen LogP contribution in [0, 0.1) is 13.8 Å². The van der Waals surface area contributed by atoms with Gasteiger partial charge in [-0.3, -0.25) is 9.67 Å². The lowest BCUT2D eigenvalue weighted by atomic mass is 10.1. The van der Waals surface area contributed by atoms with Crippen LogP contribution in [0.2, 0.25) is 0 Å². The zero-order chi connectivity index (χ0) is 15.5. The molecule has 0 saturated heterocycles. The van der Waals surface area contributed by atoms with Gasteiger partial charge >= 0.3 is 0 Å². The Morgan fingerprint density at radius 3 is 2.82 bits per heavy atom. The van der Waals surface area contributed by atoms with Crippen molar-refractivity contribution in [3.8, 4) is 0 Å². The molecule has 0 unspecified atom stereocenters. The standard InChI is InChI=1S/C18H22N4/c1-13-9-20-22(11-13)12-15(3)19-10-16-8-14(2)21-18-7-5-4-6-17(16)18/h4-9,11,15,19H,10,12H2,1-3H3/t15-/m0/s1. The summed E-state index contributed by atoms with van der Waals surface area (Å²) < 4.78 is 1.99. The largest absolute Gasteiger partial charge is 0.308 e. The Balaban J connectivity index is 1.71. The van der Waals surface area contributed by atoms with Crippen LogP contribution < -0.4 is 5.32 Å². The van der Waals surface area contributed by atoms with Crippen molar-refractivity contribution in [2.45, 2.75) is 39.9 Å². The van der Waals surface area contributed by atoms with Gasteiger partial charge in [0.1, 0.15) is 0 Å². The molecule has 22 heavy (non-hydrogen) atoms. The number of para-hydroxylation sites is 1. The summed E-state index contributed by atoms with van der Waals surface area (Å²) in [5.41, 5.74) is 4.62. The number of benzene rings is 1. The number of hydrogen-bond acceptors (Lipinski definition) is 3. The normalized spacial score (nSPS) is 12.7. The summed E-state index contributed by atoms with van der Waals surface area (Å²) in [6.45, 7) is 8.01. The second kappa shape index (κ2) is 6.28. The molecule has 3 aromatic rings. The van der Waals surface area contributed by atoms with E-state index in [1.165, 1.54) is 16.5 Å². The number of hydrogen-bond donors (Lipinski definition) is 1. The van der Waals surface area contributed by atoms with E-state index in [1.54, 1.807) is 0 Å². The second-order valence-corrected chi connectivity index (χ2v) is 5.96. The SMILES string of the molecule is Cc1cnn(C[C@H](C)NCc2cc(C)nc3ccccc23)c1. The Bertz CT molecular complexity index is 776. The number of pyridine rings is 1. The van der Waals surface area contributed by atoms with Crippen LogP contribution in [0.1, 0.15) is 23.7 Å². The van der Waals surface area contributed by atoms with Crippen LogP contribution >= 0.6 is 0 Å². The van der Waals surface area contributed by atoms with E-state index in [4.69, 9.17) is 0 Å². The molecule has 2 aromatic heterocycles. The van der Waals surface area contributed by atoms with E-state index >= 15 is 0 Å². The molecule has 0 aliphatic heterocycles. The minimum atomic E-state index is 0.353. The van der Waals surface area contributed by atoms with Gasteiger partial charge < -0.3 is 5.32 Å². The summed E-state index contributed by atoms with van der Waals surface area (Å²) in [4.78, 5) is 4.59. The number of aromatic nitrogens is 3. The highest BCUT2D eigenvalue weighted by Crippen LogP contribution is 2.18. The minimum Gasteiger partial charge on any atom is -0.308 e. The molecule has 0 saturated carbocycles. The number of rotatable bonds is 5. The Morgan fingerprint density at radius 2 is 2.05 bits per heavy atom. The van der Waals surface area contributed by atoms with Crippen molar-refractivity contribution in [1.82, 2.24) is 20.1 Å². The summed E-state index contributed by atoms with van der Waals surface area (Å²) in [5.74, 6) is 0. The van der Waals surface area contributed by atoms with E-state index in [2.05, 4.69) is 59.7 Å². The van der Waals surface area contributed by atoms with Gasteiger partial charge in [0.15, 0.2) is 0 Å². The summed E-state index contributed by atoms with van der Waals surface area (Å²) in [6, 6.07) is 10.8. The molecule has 0 spiro atoms. The third kappa shape index (κ3) is 3.34. The van der Waals surface area contributed by atoms with Crippen molar-refractivity contribution in [2.24, 2.45) is 0 Å². The van der Waals surface area contributed by atoms with E-state index in [0.29, 0.717) is 6.04 Å². The van der Waals surface area contributed by atoms with Crippen molar-refractivity contribution >= 4 is 10.9 Å². The van der Waals surface area contributed by atoms with Gasteiger partial charge in [-0.15, -0.1) is 0 Å². The van der Waals surface area contributed by atoms with Gasteiger partial charge in [0.05, 0.1) is 18.3 Å². The predicted octanol–water partition coefficient (Wildman–Crippen LogP) is 3.23. The maximum Gasteiger partial charge on any atom is 0.0708 e. The fourth-order valence-electron chi connectivity index (χ4n) is 2.74. The fourth-order valence-corrected chi connectivity index (χ4v) is 2.74. The van der Waals surface area contributed by atoms with Crippen LogP contribution in [-0.2, 0) is 13.1 Å². The predicted molar refractivity (Wildman–Crippen MR) is 89.7 cm³/mol. The van der Waals surface area contributed by atoms with E-state index in [1.807, 2.05) is 23.9 Å². The first-order valence-electron chi connectivity index (χ1n) is 7.69. The summed E-state index contributed by atoms with van der Waals surface area (Å²) in [7, 11) is 0. The van der Waals surface area contributed by atoms with Crippen LogP contribution in [0.3, 0.4) is 0 Å². The highest BCUT2D eigenvalue weighted by molar-refractivity contribution is 5.82. The Morgan fingerprint density at radius 1 is 1.23 bits per heavy atom. The zero-order valence-corrected chi connectivity index (χ0v) is 13.4. The van der Waals surface area contributed by atoms with E-state index in [9.17, 15) is 0 Å². The Labute approximate surface area is 131 Å². The van der Waals surface area contributed by atoms with Gasteiger partial charge in [0.2, 0.25) is 0 Å². The van der Waals surface area contributed by atoms with Crippen LogP contribution in [0.25, 0.3) is 10.9 Å². The first-order valence-corrected chi connectivity index (χ1v) is 7.69. The van der Waals surface area contributed by atoms with E-state index in [-0.39, 0.29) is 0 Å². The average Bonchev–Trinajstić information content (AvgIpc) is 2.89. The van der Waals surface area contributed by atoms with Gasteiger partial charge in [-0.05, 0) is 44.0 Å². The van der Waals surface area contributed by atoms with Crippen LogP contribution in [-0.4, -0.2) is 20.8 Å². The summed E-state index contributed by atoms with van der Waals surface area (Å²) >= 11 is 0. The Hall–Kier alpha value is -2.20. The smallest absolute Gasteiger partial charge is 0.0708 e. The summed E-state index contributed by atoms with van der Waals surface area (Å²) in [6.07, 6.45) is 3.97. The molecule has 0 fully saturated rings. The van der Waals surface area contributed by atoms with Gasteiger partial charge in [-0.2, -0.15) is 5.10 Å². The van der Waals surface area contributed by atoms with Crippen molar-refractivity contribution in [2.75, 3.05) is 0 Å².